The van der Waals surface area contributed by atoms with Crippen LogP contribution in [0.4, 0.5) is 24.5 Å². The van der Waals surface area contributed by atoms with Crippen molar-refractivity contribution >= 4 is 34.8 Å². The quantitative estimate of drug-likeness (QED) is 0.790. The SMILES string of the molecule is CC(=O)N(CC(=O)Nc1cc(C(F)(F)F)ccc1Cl)c1c(C)cccc1C. The van der Waals surface area contributed by atoms with Crippen molar-refractivity contribution < 1.29 is 22.8 Å². The third-order valence-corrected chi connectivity index (χ3v) is 4.29. The summed E-state index contributed by atoms with van der Waals surface area (Å²) in [7, 11) is 0. The summed E-state index contributed by atoms with van der Waals surface area (Å²) in [4.78, 5) is 25.7. The van der Waals surface area contributed by atoms with Gasteiger partial charge in [-0.1, -0.05) is 29.8 Å². The van der Waals surface area contributed by atoms with E-state index in [-0.39, 0.29) is 23.2 Å². The van der Waals surface area contributed by atoms with Crippen LogP contribution in [0.2, 0.25) is 5.02 Å². The minimum absolute atomic E-state index is 0.0298. The van der Waals surface area contributed by atoms with Gasteiger partial charge in [-0.3, -0.25) is 9.59 Å². The summed E-state index contributed by atoms with van der Waals surface area (Å²) in [5.74, 6) is -1.02. The first-order valence-electron chi connectivity index (χ1n) is 8.01. The standard InChI is InChI=1S/C19H18ClF3N2O2/c1-11-5-4-6-12(2)18(11)25(13(3)26)10-17(27)24-16-9-14(19(21,22)23)7-8-15(16)20/h4-9H,10H2,1-3H3,(H,24,27). The molecule has 8 heteroatoms. The smallest absolute Gasteiger partial charge is 0.323 e. The molecule has 1 N–H and O–H groups in total. The lowest BCUT2D eigenvalue weighted by molar-refractivity contribution is -0.137. The maximum atomic E-state index is 12.9. The lowest BCUT2D eigenvalue weighted by Gasteiger charge is -2.24. The number of alkyl halides is 3. The Kier molecular flexibility index (Phi) is 6.15. The van der Waals surface area contributed by atoms with Crippen LogP contribution in [0.3, 0.4) is 0 Å². The van der Waals surface area contributed by atoms with E-state index in [2.05, 4.69) is 5.32 Å². The first-order valence-corrected chi connectivity index (χ1v) is 8.39. The molecular weight excluding hydrogens is 381 g/mol. The average Bonchev–Trinajstić information content (AvgIpc) is 2.54. The van der Waals surface area contributed by atoms with E-state index in [9.17, 15) is 22.8 Å². The van der Waals surface area contributed by atoms with Gasteiger partial charge in [0.15, 0.2) is 0 Å². The van der Waals surface area contributed by atoms with Gasteiger partial charge in [-0.15, -0.1) is 0 Å². The van der Waals surface area contributed by atoms with E-state index >= 15 is 0 Å². The molecule has 0 fully saturated rings. The number of nitrogens with zero attached hydrogens (tertiary/aromatic N) is 1. The lowest BCUT2D eigenvalue weighted by Crippen LogP contribution is -2.37. The van der Waals surface area contributed by atoms with Crippen LogP contribution >= 0.6 is 11.6 Å². The Bertz CT molecular complexity index is 861. The molecule has 0 saturated heterocycles. The molecule has 0 bridgehead atoms. The Morgan fingerprint density at radius 1 is 1.11 bits per heavy atom. The second kappa shape index (κ2) is 8.00. The predicted molar refractivity (Wildman–Crippen MR) is 99.0 cm³/mol. The van der Waals surface area contributed by atoms with E-state index in [4.69, 9.17) is 11.6 Å². The van der Waals surface area contributed by atoms with Gasteiger partial charge in [0.1, 0.15) is 6.54 Å². The highest BCUT2D eigenvalue weighted by atomic mass is 35.5. The number of benzene rings is 2. The van der Waals surface area contributed by atoms with Crippen molar-refractivity contribution in [3.63, 3.8) is 0 Å². The molecule has 2 aromatic rings. The Balaban J connectivity index is 2.27. The molecule has 4 nitrogen and oxygen atoms in total. The number of hydrogen-bond donors (Lipinski definition) is 1. The van der Waals surface area contributed by atoms with Gasteiger partial charge in [0.25, 0.3) is 0 Å². The largest absolute Gasteiger partial charge is 0.416 e. The van der Waals surface area contributed by atoms with Crippen LogP contribution in [0.5, 0.6) is 0 Å². The topological polar surface area (TPSA) is 49.4 Å². The first-order chi connectivity index (χ1) is 12.5. The van der Waals surface area contributed by atoms with Gasteiger partial charge in [-0.25, -0.2) is 0 Å². The highest BCUT2D eigenvalue weighted by Crippen LogP contribution is 2.34. The van der Waals surface area contributed by atoms with Crippen molar-refractivity contribution in [3.8, 4) is 0 Å². The van der Waals surface area contributed by atoms with Crippen molar-refractivity contribution in [2.75, 3.05) is 16.8 Å². The van der Waals surface area contributed by atoms with E-state index in [1.165, 1.54) is 11.8 Å². The molecule has 0 radical (unpaired) electrons. The number of rotatable bonds is 4. The summed E-state index contributed by atoms with van der Waals surface area (Å²) in [6, 6.07) is 8.09. The molecule has 0 aliphatic carbocycles. The fraction of sp³-hybridized carbons (Fsp3) is 0.263. The van der Waals surface area contributed by atoms with Gasteiger partial charge in [-0.05, 0) is 43.2 Å². The number of anilines is 2. The van der Waals surface area contributed by atoms with Crippen LogP contribution in [0.1, 0.15) is 23.6 Å². The summed E-state index contributed by atoms with van der Waals surface area (Å²) >= 11 is 5.89. The van der Waals surface area contributed by atoms with Crippen molar-refractivity contribution in [2.24, 2.45) is 0 Å². The number of hydrogen-bond acceptors (Lipinski definition) is 2. The molecule has 0 atom stereocenters. The van der Waals surface area contributed by atoms with Crippen LogP contribution in [0, 0.1) is 13.8 Å². The Labute approximate surface area is 159 Å². The average molecular weight is 399 g/mol. The molecule has 144 valence electrons. The molecule has 0 unspecified atom stereocenters. The summed E-state index contributed by atoms with van der Waals surface area (Å²) in [5.41, 5.74) is 1.10. The van der Waals surface area contributed by atoms with Crippen molar-refractivity contribution in [2.45, 2.75) is 26.9 Å². The molecular formula is C19H18ClF3N2O2. The molecule has 0 aliphatic rings. The Morgan fingerprint density at radius 3 is 2.22 bits per heavy atom. The summed E-state index contributed by atoms with van der Waals surface area (Å²) in [6.45, 7) is 4.57. The maximum Gasteiger partial charge on any atom is 0.416 e. The summed E-state index contributed by atoms with van der Waals surface area (Å²) in [6.07, 6.45) is -4.56. The molecule has 0 heterocycles. The molecule has 0 aliphatic heterocycles. The predicted octanol–water partition coefficient (Wildman–Crippen LogP) is 4.97. The fourth-order valence-electron chi connectivity index (χ4n) is 2.71. The van der Waals surface area contributed by atoms with Crippen molar-refractivity contribution in [1.29, 1.82) is 0 Å². The van der Waals surface area contributed by atoms with Crippen LogP contribution in [-0.2, 0) is 15.8 Å². The minimum atomic E-state index is -4.56. The number of carbonyl (C=O) groups excluding carboxylic acids is 2. The van der Waals surface area contributed by atoms with E-state index in [1.54, 1.807) is 26.0 Å². The minimum Gasteiger partial charge on any atom is -0.323 e. The normalized spacial score (nSPS) is 11.2. The second-order valence-corrected chi connectivity index (χ2v) is 6.49. The molecule has 2 rings (SSSR count). The Hall–Kier alpha value is -2.54. The van der Waals surface area contributed by atoms with Gasteiger partial charge in [-0.2, -0.15) is 13.2 Å². The molecule has 2 amide bonds. The van der Waals surface area contributed by atoms with Gasteiger partial charge < -0.3 is 10.2 Å². The van der Waals surface area contributed by atoms with E-state index in [0.717, 1.165) is 29.3 Å². The Morgan fingerprint density at radius 2 is 1.70 bits per heavy atom. The third kappa shape index (κ3) is 5.01. The molecule has 27 heavy (non-hydrogen) atoms. The first kappa shape index (κ1) is 20.8. The number of para-hydroxylation sites is 1. The second-order valence-electron chi connectivity index (χ2n) is 6.09. The van der Waals surface area contributed by atoms with Crippen LogP contribution < -0.4 is 10.2 Å². The molecule has 0 aromatic heterocycles. The lowest BCUT2D eigenvalue weighted by atomic mass is 10.1. The number of nitrogens with one attached hydrogen (secondary N) is 1. The third-order valence-electron chi connectivity index (χ3n) is 3.96. The number of aryl methyl sites for hydroxylation is 2. The van der Waals surface area contributed by atoms with Gasteiger partial charge in [0, 0.05) is 6.92 Å². The van der Waals surface area contributed by atoms with Gasteiger partial charge >= 0.3 is 6.18 Å². The molecule has 2 aromatic carbocycles. The van der Waals surface area contributed by atoms with E-state index in [0.29, 0.717) is 5.69 Å². The highest BCUT2D eigenvalue weighted by molar-refractivity contribution is 6.33. The number of amides is 2. The van der Waals surface area contributed by atoms with E-state index in [1.807, 2.05) is 6.07 Å². The summed E-state index contributed by atoms with van der Waals surface area (Å²) < 4.78 is 38.6. The van der Waals surface area contributed by atoms with Crippen LogP contribution in [0.15, 0.2) is 36.4 Å². The zero-order valence-electron chi connectivity index (χ0n) is 14.9. The van der Waals surface area contributed by atoms with Crippen molar-refractivity contribution in [3.05, 3.63) is 58.1 Å². The molecule has 0 spiro atoms. The number of carbonyl (C=O) groups is 2. The fourth-order valence-corrected chi connectivity index (χ4v) is 2.87. The van der Waals surface area contributed by atoms with Crippen LogP contribution in [-0.4, -0.2) is 18.4 Å². The highest BCUT2D eigenvalue weighted by Gasteiger charge is 2.31. The maximum absolute atomic E-state index is 12.9. The zero-order chi connectivity index (χ0) is 20.4. The van der Waals surface area contributed by atoms with Crippen molar-refractivity contribution in [1.82, 2.24) is 0 Å². The van der Waals surface area contributed by atoms with Gasteiger partial charge in [0.05, 0.1) is 22.0 Å². The zero-order valence-corrected chi connectivity index (χ0v) is 15.7. The van der Waals surface area contributed by atoms with Crippen LogP contribution in [0.25, 0.3) is 0 Å². The summed E-state index contributed by atoms with van der Waals surface area (Å²) in [5, 5.41) is 2.32. The van der Waals surface area contributed by atoms with E-state index < -0.39 is 17.6 Å². The molecule has 0 saturated carbocycles. The number of halogens is 4. The monoisotopic (exact) mass is 398 g/mol. The van der Waals surface area contributed by atoms with Gasteiger partial charge in [0.2, 0.25) is 11.8 Å².